The van der Waals surface area contributed by atoms with Gasteiger partial charge in [0.1, 0.15) is 11.3 Å². The number of aryl methyl sites for hydroxylation is 1. The van der Waals surface area contributed by atoms with E-state index in [4.69, 9.17) is 9.15 Å². The maximum absolute atomic E-state index is 10.3. The second kappa shape index (κ2) is 5.95. The highest BCUT2D eigenvalue weighted by Crippen LogP contribution is 2.60. The molecule has 2 aliphatic rings. The third kappa shape index (κ3) is 2.49. The van der Waals surface area contributed by atoms with E-state index in [1.807, 2.05) is 0 Å². The fourth-order valence-electron chi connectivity index (χ4n) is 6.02. The number of ether oxygens (including phenoxy) is 1. The summed E-state index contributed by atoms with van der Waals surface area (Å²) in [7, 11) is 0. The molecule has 2 N–H and O–H groups in total. The number of phenols is 2. The van der Waals surface area contributed by atoms with E-state index in [9.17, 15) is 10.2 Å². The molecule has 1 fully saturated rings. The van der Waals surface area contributed by atoms with Gasteiger partial charge in [0.25, 0.3) is 0 Å². The topological polar surface area (TPSA) is 62.8 Å². The summed E-state index contributed by atoms with van der Waals surface area (Å²) in [5.74, 6) is 1.12. The average Bonchev–Trinajstić information content (AvgIpc) is 2.92. The molecule has 27 heavy (non-hydrogen) atoms. The molecule has 2 aliphatic carbocycles. The maximum atomic E-state index is 10.3. The van der Waals surface area contributed by atoms with Crippen molar-refractivity contribution in [2.24, 2.45) is 11.3 Å². The molecule has 1 heterocycles. The van der Waals surface area contributed by atoms with Gasteiger partial charge in [-0.15, -0.1) is 0 Å². The van der Waals surface area contributed by atoms with E-state index in [0.717, 1.165) is 36.0 Å². The number of hydrogen-bond acceptors (Lipinski definition) is 4. The zero-order valence-corrected chi connectivity index (χ0v) is 16.8. The normalized spacial score (nSPS) is 29.6. The first-order valence-corrected chi connectivity index (χ1v) is 9.95. The Labute approximate surface area is 160 Å². The summed E-state index contributed by atoms with van der Waals surface area (Å²) in [4.78, 5) is 0. The monoisotopic (exact) mass is 370 g/mol. The van der Waals surface area contributed by atoms with Crippen molar-refractivity contribution in [3.63, 3.8) is 0 Å². The molecule has 4 rings (SSSR count). The Bertz CT molecular complexity index is 907. The van der Waals surface area contributed by atoms with E-state index < -0.39 is 0 Å². The highest BCUT2D eigenvalue weighted by Gasteiger charge is 2.52. The van der Waals surface area contributed by atoms with Crippen LogP contribution in [0.25, 0.3) is 11.0 Å². The molecule has 0 aliphatic heterocycles. The number of hydrogen-bond donors (Lipinski definition) is 2. The van der Waals surface area contributed by atoms with Gasteiger partial charge in [0.2, 0.25) is 0 Å². The molecule has 3 atom stereocenters. The Kier molecular flexibility index (Phi) is 4.03. The summed E-state index contributed by atoms with van der Waals surface area (Å²) in [6.07, 6.45) is 6.72. The van der Waals surface area contributed by atoms with Crippen LogP contribution in [0.5, 0.6) is 11.5 Å². The van der Waals surface area contributed by atoms with Crippen LogP contribution in [0.1, 0.15) is 75.9 Å². The van der Waals surface area contributed by atoms with E-state index in [1.54, 1.807) is 13.0 Å². The van der Waals surface area contributed by atoms with E-state index >= 15 is 0 Å². The summed E-state index contributed by atoms with van der Waals surface area (Å²) in [5, 5.41) is 21.4. The van der Waals surface area contributed by atoms with Crippen molar-refractivity contribution in [2.45, 2.75) is 71.3 Å². The molecule has 0 radical (unpaired) electrons. The quantitative estimate of drug-likeness (QED) is 0.486. The average molecular weight is 370 g/mol. The summed E-state index contributed by atoms with van der Waals surface area (Å²) < 4.78 is 12.2. The van der Waals surface area contributed by atoms with Gasteiger partial charge < -0.3 is 19.4 Å². The second-order valence-corrected chi connectivity index (χ2v) is 9.27. The van der Waals surface area contributed by atoms with Crippen LogP contribution in [0.2, 0.25) is 0 Å². The van der Waals surface area contributed by atoms with E-state index in [0.29, 0.717) is 17.1 Å². The second-order valence-electron chi connectivity index (χ2n) is 9.27. The van der Waals surface area contributed by atoms with Crippen molar-refractivity contribution in [3.05, 3.63) is 35.8 Å². The smallest absolute Gasteiger partial charge is 0.164 e. The van der Waals surface area contributed by atoms with Gasteiger partial charge in [0.15, 0.2) is 17.6 Å². The molecule has 1 aromatic heterocycles. The van der Waals surface area contributed by atoms with Gasteiger partial charge in [0.05, 0.1) is 6.26 Å². The lowest BCUT2D eigenvalue weighted by Crippen LogP contribution is -2.44. The lowest BCUT2D eigenvalue weighted by atomic mass is 9.53. The van der Waals surface area contributed by atoms with Gasteiger partial charge >= 0.3 is 0 Å². The Hall–Kier alpha value is -2.10. The molecule has 0 amide bonds. The Balaban J connectivity index is 2.06. The van der Waals surface area contributed by atoms with Crippen LogP contribution in [0.15, 0.2) is 23.3 Å². The van der Waals surface area contributed by atoms with Crippen molar-refractivity contribution >= 4 is 11.0 Å². The Morgan fingerprint density at radius 1 is 1.22 bits per heavy atom. The summed E-state index contributed by atoms with van der Waals surface area (Å²) in [6, 6.07) is 1.67. The predicted octanol–water partition coefficient (Wildman–Crippen LogP) is 6.23. The number of furan rings is 1. The minimum atomic E-state index is -0.188. The summed E-state index contributed by atoms with van der Waals surface area (Å²) in [6.45, 7) is 12.6. The molecule has 1 aromatic carbocycles. The number of aromatic hydroxyl groups is 2. The van der Waals surface area contributed by atoms with Crippen LogP contribution in [-0.2, 0) is 10.2 Å². The first-order valence-electron chi connectivity index (χ1n) is 9.95. The van der Waals surface area contributed by atoms with Gasteiger partial charge in [-0.2, -0.15) is 0 Å². The van der Waals surface area contributed by atoms with Crippen LogP contribution in [0.3, 0.4) is 0 Å². The van der Waals surface area contributed by atoms with Crippen molar-refractivity contribution in [2.75, 3.05) is 0 Å². The minimum Gasteiger partial charge on any atom is -0.504 e. The largest absolute Gasteiger partial charge is 0.504 e. The van der Waals surface area contributed by atoms with Crippen LogP contribution < -0.4 is 0 Å². The number of rotatable bonds is 2. The number of fused-ring (bicyclic) bond motifs is 5. The van der Waals surface area contributed by atoms with E-state index in [1.165, 1.54) is 19.1 Å². The summed E-state index contributed by atoms with van der Waals surface area (Å²) in [5.41, 5.74) is 2.55. The molecule has 4 nitrogen and oxygen atoms in total. The number of phenolic OH excluding ortho intramolecular Hbond substituents is 2. The lowest BCUT2D eigenvalue weighted by Gasteiger charge is -2.50. The molecule has 0 saturated heterocycles. The van der Waals surface area contributed by atoms with E-state index in [-0.39, 0.29) is 28.4 Å². The number of benzene rings is 1. The lowest BCUT2D eigenvalue weighted by molar-refractivity contribution is 0.0427. The SMILES string of the molecule is C=COC1CC[C@@H]2C(C)(C)CCC[C@@]2(C)c2c1oc1c(C)c(O)c(O)cc21. The fourth-order valence-corrected chi connectivity index (χ4v) is 6.02. The standard InChI is InChI=1S/C23H30O4/c1-6-26-16-8-9-17-22(3,4)10-7-11-23(17,5)18-14-12-15(24)19(25)13(2)20(14)27-21(16)18/h6,12,16-17,24-25H,1,7-11H2,2-5H3/t16?,17-,23-/m1/s1. The first-order chi connectivity index (χ1) is 12.7. The highest BCUT2D eigenvalue weighted by atomic mass is 16.5. The predicted molar refractivity (Wildman–Crippen MR) is 106 cm³/mol. The van der Waals surface area contributed by atoms with Gasteiger partial charge in [-0.25, -0.2) is 0 Å². The van der Waals surface area contributed by atoms with Gasteiger partial charge in [-0.05, 0) is 50.0 Å². The Morgan fingerprint density at radius 3 is 2.67 bits per heavy atom. The molecule has 4 heteroatoms. The highest BCUT2D eigenvalue weighted by molar-refractivity contribution is 5.90. The molecule has 2 aromatic rings. The van der Waals surface area contributed by atoms with Gasteiger partial charge in [-0.3, -0.25) is 0 Å². The molecule has 0 bridgehead atoms. The first kappa shape index (κ1) is 18.3. The van der Waals surface area contributed by atoms with Crippen molar-refractivity contribution in [1.29, 1.82) is 0 Å². The molecule has 1 saturated carbocycles. The van der Waals surface area contributed by atoms with Crippen molar-refractivity contribution in [3.8, 4) is 11.5 Å². The van der Waals surface area contributed by atoms with Crippen LogP contribution in [-0.4, -0.2) is 10.2 Å². The minimum absolute atomic E-state index is 0.0581. The Morgan fingerprint density at radius 2 is 1.96 bits per heavy atom. The van der Waals surface area contributed by atoms with Crippen LogP contribution in [0.4, 0.5) is 0 Å². The van der Waals surface area contributed by atoms with Gasteiger partial charge in [0, 0.05) is 21.9 Å². The molecule has 146 valence electrons. The third-order valence-electron chi connectivity index (χ3n) is 7.26. The zero-order valence-electron chi connectivity index (χ0n) is 16.8. The molecular formula is C23H30O4. The summed E-state index contributed by atoms with van der Waals surface area (Å²) >= 11 is 0. The third-order valence-corrected chi connectivity index (χ3v) is 7.26. The van der Waals surface area contributed by atoms with E-state index in [2.05, 4.69) is 27.4 Å². The van der Waals surface area contributed by atoms with Crippen molar-refractivity contribution in [1.82, 2.24) is 0 Å². The van der Waals surface area contributed by atoms with Crippen molar-refractivity contribution < 1.29 is 19.4 Å². The fraction of sp³-hybridized carbons (Fsp3) is 0.565. The molecule has 0 spiro atoms. The van der Waals surface area contributed by atoms with Crippen LogP contribution in [0, 0.1) is 18.3 Å². The van der Waals surface area contributed by atoms with Gasteiger partial charge in [-0.1, -0.05) is 33.8 Å². The van der Waals surface area contributed by atoms with Crippen LogP contribution >= 0.6 is 0 Å². The molecular weight excluding hydrogens is 340 g/mol. The zero-order chi connectivity index (χ0) is 19.6. The molecule has 1 unspecified atom stereocenters. The maximum Gasteiger partial charge on any atom is 0.164 e.